The number of carbonyl (C=O) groups is 2. The van der Waals surface area contributed by atoms with Gasteiger partial charge < -0.3 is 19.2 Å². The Balaban J connectivity index is 1.61. The van der Waals surface area contributed by atoms with Gasteiger partial charge in [-0.25, -0.2) is 0 Å². The Morgan fingerprint density at radius 1 is 1.10 bits per heavy atom. The number of ketones is 1. The Hall–Kier alpha value is -2.61. The van der Waals surface area contributed by atoms with Crippen LogP contribution in [0.1, 0.15) is 23.8 Å². The van der Waals surface area contributed by atoms with Crippen molar-refractivity contribution in [1.29, 1.82) is 0 Å². The van der Waals surface area contributed by atoms with Gasteiger partial charge in [0.2, 0.25) is 0 Å². The number of hydrogen-bond acceptors (Lipinski definition) is 6. The first kappa shape index (κ1) is 20.7. The smallest absolute Gasteiger partial charge is 0.295 e. The second-order valence-corrected chi connectivity index (χ2v) is 7.76. The quantitative estimate of drug-likeness (QED) is 0.431. The average molecular weight is 431 g/mol. The van der Waals surface area contributed by atoms with Crippen LogP contribution in [0, 0.1) is 0 Å². The number of aliphatic hydroxyl groups excluding tert-OH is 1. The number of aliphatic hydroxyl groups is 1. The van der Waals surface area contributed by atoms with Crippen molar-refractivity contribution in [2.45, 2.75) is 12.5 Å². The standard InChI is InChI=1S/C22H23ClN2O5/c23-16-6-4-15(5-7-16)20(26)18-19(17-3-1-12-30-17)25(22(28)21(18)27)9-2-8-24-10-13-29-14-11-24/h1,3-7,12,19,26H,2,8-11,13-14H2/t19-/m1/s1. The molecule has 2 aliphatic rings. The molecule has 30 heavy (non-hydrogen) atoms. The predicted octanol–water partition coefficient (Wildman–Crippen LogP) is 3.08. The molecule has 0 unspecified atom stereocenters. The van der Waals surface area contributed by atoms with Crippen molar-refractivity contribution in [1.82, 2.24) is 9.80 Å². The summed E-state index contributed by atoms with van der Waals surface area (Å²) < 4.78 is 10.9. The van der Waals surface area contributed by atoms with Crippen molar-refractivity contribution < 1.29 is 23.8 Å². The fourth-order valence-electron chi connectivity index (χ4n) is 3.91. The predicted molar refractivity (Wildman–Crippen MR) is 111 cm³/mol. The lowest BCUT2D eigenvalue weighted by molar-refractivity contribution is -0.140. The highest BCUT2D eigenvalue weighted by atomic mass is 35.5. The first-order valence-electron chi connectivity index (χ1n) is 9.94. The molecule has 0 radical (unpaired) electrons. The molecule has 7 nitrogen and oxygen atoms in total. The molecule has 1 aromatic carbocycles. The first-order valence-corrected chi connectivity index (χ1v) is 10.3. The number of amides is 1. The highest BCUT2D eigenvalue weighted by Crippen LogP contribution is 2.39. The van der Waals surface area contributed by atoms with Gasteiger partial charge in [-0.1, -0.05) is 11.6 Å². The van der Waals surface area contributed by atoms with Crippen LogP contribution in [0.5, 0.6) is 0 Å². The van der Waals surface area contributed by atoms with Crippen molar-refractivity contribution in [2.24, 2.45) is 0 Å². The Kier molecular flexibility index (Phi) is 6.22. The van der Waals surface area contributed by atoms with Crippen LogP contribution < -0.4 is 0 Å². The van der Waals surface area contributed by atoms with Crippen LogP contribution in [0.25, 0.3) is 5.76 Å². The molecule has 4 rings (SSSR count). The summed E-state index contributed by atoms with van der Waals surface area (Å²) in [5.74, 6) is -1.14. The third kappa shape index (κ3) is 4.14. The zero-order chi connectivity index (χ0) is 21.1. The van der Waals surface area contributed by atoms with E-state index in [1.54, 1.807) is 36.4 Å². The van der Waals surface area contributed by atoms with E-state index in [-0.39, 0.29) is 11.3 Å². The summed E-state index contributed by atoms with van der Waals surface area (Å²) in [6.07, 6.45) is 2.19. The minimum absolute atomic E-state index is 0.0312. The van der Waals surface area contributed by atoms with Crippen LogP contribution in [0.4, 0.5) is 0 Å². The van der Waals surface area contributed by atoms with Gasteiger partial charge in [0.05, 0.1) is 25.1 Å². The van der Waals surface area contributed by atoms with Crippen LogP contribution >= 0.6 is 11.6 Å². The highest BCUT2D eigenvalue weighted by Gasteiger charge is 2.47. The Labute approximate surface area is 179 Å². The molecule has 3 heterocycles. The lowest BCUT2D eigenvalue weighted by Crippen LogP contribution is -2.38. The van der Waals surface area contributed by atoms with Crippen LogP contribution in [0.3, 0.4) is 0 Å². The first-order chi connectivity index (χ1) is 14.6. The van der Waals surface area contributed by atoms with E-state index in [4.69, 9.17) is 20.8 Å². The molecule has 1 N–H and O–H groups in total. The monoisotopic (exact) mass is 430 g/mol. The van der Waals surface area contributed by atoms with Crippen LogP contribution in [0.15, 0.2) is 52.7 Å². The van der Waals surface area contributed by atoms with Crippen molar-refractivity contribution in [3.63, 3.8) is 0 Å². The fraction of sp³-hybridized carbons (Fsp3) is 0.364. The Morgan fingerprint density at radius 3 is 2.50 bits per heavy atom. The lowest BCUT2D eigenvalue weighted by Gasteiger charge is -2.28. The fourth-order valence-corrected chi connectivity index (χ4v) is 4.03. The number of ether oxygens (including phenoxy) is 1. The zero-order valence-corrected chi connectivity index (χ0v) is 17.2. The van der Waals surface area contributed by atoms with Crippen molar-refractivity contribution >= 4 is 29.1 Å². The molecule has 1 aromatic heterocycles. The topological polar surface area (TPSA) is 83.2 Å². The van der Waals surface area contributed by atoms with E-state index in [9.17, 15) is 14.7 Å². The molecule has 1 atom stereocenters. The number of morpholine rings is 1. The van der Waals surface area contributed by atoms with Gasteiger partial charge in [0.1, 0.15) is 17.6 Å². The number of likely N-dealkylation sites (tertiary alicyclic amines) is 1. The molecule has 0 saturated carbocycles. The summed E-state index contributed by atoms with van der Waals surface area (Å²) in [6, 6.07) is 9.12. The number of furan rings is 1. The normalized spacial score (nSPS) is 22.0. The van der Waals surface area contributed by atoms with Gasteiger partial charge >= 0.3 is 0 Å². The molecule has 2 aliphatic heterocycles. The molecule has 1 amide bonds. The number of benzene rings is 1. The molecule has 0 aliphatic carbocycles. The summed E-state index contributed by atoms with van der Waals surface area (Å²) in [4.78, 5) is 29.5. The summed E-state index contributed by atoms with van der Waals surface area (Å²) >= 11 is 5.93. The number of hydrogen-bond donors (Lipinski definition) is 1. The number of rotatable bonds is 6. The van der Waals surface area contributed by atoms with Gasteiger partial charge in [0.25, 0.3) is 11.7 Å². The third-order valence-corrected chi connectivity index (χ3v) is 5.70. The maximum absolute atomic E-state index is 12.9. The van der Waals surface area contributed by atoms with Crippen LogP contribution in [0.2, 0.25) is 5.02 Å². The Bertz CT molecular complexity index is 933. The van der Waals surface area contributed by atoms with E-state index in [2.05, 4.69) is 4.90 Å². The second-order valence-electron chi connectivity index (χ2n) is 7.32. The van der Waals surface area contributed by atoms with E-state index in [0.29, 0.717) is 42.5 Å². The number of halogens is 1. The second kappa shape index (κ2) is 9.04. The van der Waals surface area contributed by atoms with Gasteiger partial charge in [0, 0.05) is 36.8 Å². The largest absolute Gasteiger partial charge is 0.507 e. The van der Waals surface area contributed by atoms with Crippen molar-refractivity contribution in [3.8, 4) is 0 Å². The zero-order valence-electron chi connectivity index (χ0n) is 16.4. The van der Waals surface area contributed by atoms with E-state index < -0.39 is 17.7 Å². The van der Waals surface area contributed by atoms with Gasteiger partial charge in [-0.2, -0.15) is 0 Å². The molecule has 2 fully saturated rings. The highest BCUT2D eigenvalue weighted by molar-refractivity contribution is 6.46. The van der Waals surface area contributed by atoms with Gasteiger partial charge in [-0.15, -0.1) is 0 Å². The SMILES string of the molecule is O=C1C(=O)N(CCCN2CCOCC2)[C@H](c2ccco2)C1=C(O)c1ccc(Cl)cc1. The number of nitrogens with zero attached hydrogens (tertiary/aromatic N) is 2. The molecule has 2 aromatic rings. The molecule has 0 bridgehead atoms. The van der Waals surface area contributed by atoms with E-state index >= 15 is 0 Å². The molecule has 0 spiro atoms. The lowest BCUT2D eigenvalue weighted by atomic mass is 9.99. The number of Topliss-reactive ketones (excluding diaryl/α,β-unsaturated/α-hetero) is 1. The van der Waals surface area contributed by atoms with Gasteiger partial charge in [-0.05, 0) is 42.8 Å². The summed E-state index contributed by atoms with van der Waals surface area (Å²) in [5, 5.41) is 11.4. The van der Waals surface area contributed by atoms with Gasteiger partial charge in [0.15, 0.2) is 0 Å². The summed E-state index contributed by atoms with van der Waals surface area (Å²) in [5.41, 5.74) is 0.450. The molecule has 8 heteroatoms. The minimum Gasteiger partial charge on any atom is -0.507 e. The molecule has 158 valence electrons. The third-order valence-electron chi connectivity index (χ3n) is 5.45. The van der Waals surface area contributed by atoms with Crippen LogP contribution in [-0.2, 0) is 14.3 Å². The van der Waals surface area contributed by atoms with E-state index in [0.717, 1.165) is 19.6 Å². The average Bonchev–Trinajstić information content (AvgIpc) is 3.37. The minimum atomic E-state index is -0.764. The van der Waals surface area contributed by atoms with Gasteiger partial charge in [-0.3, -0.25) is 14.5 Å². The molecular formula is C22H23ClN2O5. The maximum Gasteiger partial charge on any atom is 0.295 e. The van der Waals surface area contributed by atoms with Crippen LogP contribution in [-0.4, -0.2) is 66.0 Å². The summed E-state index contributed by atoms with van der Waals surface area (Å²) in [6.45, 7) is 4.31. The Morgan fingerprint density at radius 2 is 1.83 bits per heavy atom. The van der Waals surface area contributed by atoms with E-state index in [1.165, 1.54) is 11.2 Å². The maximum atomic E-state index is 12.9. The summed E-state index contributed by atoms with van der Waals surface area (Å²) in [7, 11) is 0. The number of carbonyl (C=O) groups excluding carboxylic acids is 2. The molecule has 2 saturated heterocycles. The van der Waals surface area contributed by atoms with Crippen molar-refractivity contribution in [2.75, 3.05) is 39.4 Å². The van der Waals surface area contributed by atoms with E-state index in [1.807, 2.05) is 0 Å². The van der Waals surface area contributed by atoms with Crippen molar-refractivity contribution in [3.05, 3.63) is 64.6 Å². The molecular weight excluding hydrogens is 408 g/mol.